The molecule has 0 unspecified atom stereocenters. The molecule has 0 spiro atoms. The third kappa shape index (κ3) is 2.80. The molecular weight excluding hydrogens is 236 g/mol. The lowest BCUT2D eigenvalue weighted by atomic mass is 10.2. The predicted molar refractivity (Wildman–Crippen MR) is 65.1 cm³/mol. The highest BCUT2D eigenvalue weighted by Crippen LogP contribution is 2.20. The molecule has 102 valence electrons. The summed E-state index contributed by atoms with van der Waals surface area (Å²) in [7, 11) is 0. The van der Waals surface area contributed by atoms with E-state index in [0.29, 0.717) is 19.0 Å². The van der Waals surface area contributed by atoms with Crippen molar-refractivity contribution in [2.24, 2.45) is 5.73 Å². The van der Waals surface area contributed by atoms with Crippen molar-refractivity contribution in [3.8, 4) is 0 Å². The van der Waals surface area contributed by atoms with E-state index in [4.69, 9.17) is 15.0 Å². The molecule has 0 amide bonds. The fourth-order valence-electron chi connectivity index (χ4n) is 2.04. The molecule has 2 heterocycles. The number of aliphatic hydroxyl groups excluding tert-OH is 1. The third-order valence-electron chi connectivity index (χ3n) is 2.94. The molecule has 1 fully saturated rings. The molecule has 2 rings (SSSR count). The molecule has 7 heteroatoms. The molecule has 3 N–H and O–H groups in total. The van der Waals surface area contributed by atoms with Gasteiger partial charge in [-0.1, -0.05) is 0 Å². The van der Waals surface area contributed by atoms with Gasteiger partial charge in [0.05, 0.1) is 18.3 Å². The normalized spacial score (nSPS) is 28.2. The van der Waals surface area contributed by atoms with Crippen molar-refractivity contribution in [2.75, 3.05) is 18.0 Å². The maximum Gasteiger partial charge on any atom is 0.266 e. The molecule has 1 aromatic heterocycles. The van der Waals surface area contributed by atoms with Gasteiger partial charge in [0.2, 0.25) is 5.89 Å². The van der Waals surface area contributed by atoms with Crippen molar-refractivity contribution in [1.82, 2.24) is 10.1 Å². The van der Waals surface area contributed by atoms with E-state index < -0.39 is 12.1 Å². The van der Waals surface area contributed by atoms with Crippen LogP contribution in [0.2, 0.25) is 0 Å². The molecule has 0 saturated carbocycles. The first-order valence-corrected chi connectivity index (χ1v) is 6.15. The van der Waals surface area contributed by atoms with Crippen molar-refractivity contribution in [3.63, 3.8) is 0 Å². The smallest absolute Gasteiger partial charge is 0.266 e. The molecule has 0 radical (unpaired) electrons. The summed E-state index contributed by atoms with van der Waals surface area (Å²) < 4.78 is 10.7. The Morgan fingerprint density at radius 1 is 1.39 bits per heavy atom. The first kappa shape index (κ1) is 13.3. The fourth-order valence-corrected chi connectivity index (χ4v) is 2.04. The van der Waals surface area contributed by atoms with Crippen molar-refractivity contribution < 1.29 is 14.4 Å². The average molecular weight is 256 g/mol. The largest absolute Gasteiger partial charge is 0.391 e. The summed E-state index contributed by atoms with van der Waals surface area (Å²) in [5, 5.41) is 13.3. The van der Waals surface area contributed by atoms with E-state index in [1.54, 1.807) is 6.92 Å². The molecule has 1 aliphatic rings. The van der Waals surface area contributed by atoms with Gasteiger partial charge in [-0.3, -0.25) is 0 Å². The Morgan fingerprint density at radius 3 is 2.56 bits per heavy atom. The topological polar surface area (TPSA) is 97.6 Å². The second-order valence-electron chi connectivity index (χ2n) is 4.86. The summed E-state index contributed by atoms with van der Waals surface area (Å²) in [6.07, 6.45) is -0.469. The zero-order valence-electron chi connectivity index (χ0n) is 10.9. The number of morpholine rings is 1. The van der Waals surface area contributed by atoms with E-state index in [0.717, 1.165) is 0 Å². The number of nitrogens with two attached hydrogens (primary N) is 1. The molecule has 1 aromatic rings. The molecule has 4 atom stereocenters. The maximum absolute atomic E-state index is 9.39. The first-order valence-electron chi connectivity index (χ1n) is 6.15. The summed E-state index contributed by atoms with van der Waals surface area (Å²) >= 11 is 0. The number of hydrogen-bond donors (Lipinski definition) is 2. The van der Waals surface area contributed by atoms with Crippen LogP contribution in [0.5, 0.6) is 0 Å². The van der Waals surface area contributed by atoms with E-state index in [9.17, 15) is 5.11 Å². The van der Waals surface area contributed by atoms with Crippen LogP contribution < -0.4 is 10.6 Å². The number of aliphatic hydroxyl groups is 1. The van der Waals surface area contributed by atoms with Crippen LogP contribution >= 0.6 is 0 Å². The van der Waals surface area contributed by atoms with E-state index >= 15 is 0 Å². The number of nitrogens with zero attached hydrogens (tertiary/aromatic N) is 3. The van der Waals surface area contributed by atoms with Gasteiger partial charge in [0, 0.05) is 13.1 Å². The molecule has 0 aliphatic carbocycles. The lowest BCUT2D eigenvalue weighted by Gasteiger charge is -2.34. The molecular formula is C11H20N4O3. The molecule has 0 aromatic carbocycles. The Hall–Kier alpha value is -1.18. The minimum Gasteiger partial charge on any atom is -0.391 e. The van der Waals surface area contributed by atoms with Gasteiger partial charge < -0.3 is 25.0 Å². The highest BCUT2D eigenvalue weighted by atomic mass is 16.5. The van der Waals surface area contributed by atoms with Crippen LogP contribution in [0.15, 0.2) is 4.52 Å². The van der Waals surface area contributed by atoms with Crippen molar-refractivity contribution >= 4 is 5.95 Å². The Bertz CT molecular complexity index is 385. The van der Waals surface area contributed by atoms with Gasteiger partial charge in [0.15, 0.2) is 0 Å². The third-order valence-corrected chi connectivity index (χ3v) is 2.94. The molecule has 1 saturated heterocycles. The maximum atomic E-state index is 9.39. The lowest BCUT2D eigenvalue weighted by molar-refractivity contribution is -0.00581. The highest BCUT2D eigenvalue weighted by Gasteiger charge is 2.27. The SMILES string of the molecule is C[C@@H]1CN(c2noc([C@H](N)[C@H](C)O)n2)C[C@H](C)O1. The minimum absolute atomic E-state index is 0.126. The van der Waals surface area contributed by atoms with Gasteiger partial charge in [-0.05, 0) is 25.9 Å². The second-order valence-corrected chi connectivity index (χ2v) is 4.86. The number of ether oxygens (including phenoxy) is 1. The molecule has 7 nitrogen and oxygen atoms in total. The van der Waals surface area contributed by atoms with Crippen LogP contribution in [0, 0.1) is 0 Å². The molecule has 18 heavy (non-hydrogen) atoms. The highest BCUT2D eigenvalue weighted by molar-refractivity contribution is 5.29. The first-order chi connectivity index (χ1) is 8.47. The standard InChI is InChI=1S/C11H20N4O3/c1-6-4-15(5-7(2)17-6)11-13-10(18-14-11)9(12)8(3)16/h6-9,16H,4-5,12H2,1-3H3/t6-,7+,8-,9+/m0/s1. The summed E-state index contributed by atoms with van der Waals surface area (Å²) in [6.45, 7) is 7.03. The zero-order chi connectivity index (χ0) is 13.3. The van der Waals surface area contributed by atoms with Crippen molar-refractivity contribution in [1.29, 1.82) is 0 Å². The number of aromatic nitrogens is 2. The van der Waals surface area contributed by atoms with Crippen LogP contribution in [0.25, 0.3) is 0 Å². The van der Waals surface area contributed by atoms with Crippen molar-refractivity contribution in [3.05, 3.63) is 5.89 Å². The Kier molecular flexibility index (Phi) is 3.84. The van der Waals surface area contributed by atoms with Crippen LogP contribution in [0.4, 0.5) is 5.95 Å². The van der Waals surface area contributed by atoms with Gasteiger partial charge in [-0.15, -0.1) is 0 Å². The predicted octanol–water partition coefficient (Wildman–Crippen LogP) is 0.0638. The fraction of sp³-hybridized carbons (Fsp3) is 0.818. The van der Waals surface area contributed by atoms with Gasteiger partial charge in [0.25, 0.3) is 5.95 Å². The monoisotopic (exact) mass is 256 g/mol. The Labute approximate surface area is 106 Å². The minimum atomic E-state index is -0.721. The second kappa shape index (κ2) is 5.21. The summed E-state index contributed by atoms with van der Waals surface area (Å²) in [5.41, 5.74) is 5.75. The Balaban J connectivity index is 2.09. The van der Waals surface area contributed by atoms with Crippen LogP contribution in [0.3, 0.4) is 0 Å². The van der Waals surface area contributed by atoms with Crippen LogP contribution in [-0.4, -0.2) is 46.6 Å². The molecule has 1 aliphatic heterocycles. The van der Waals surface area contributed by atoms with Gasteiger partial charge in [-0.25, -0.2) is 0 Å². The summed E-state index contributed by atoms with van der Waals surface area (Å²) in [4.78, 5) is 6.23. The van der Waals surface area contributed by atoms with E-state index in [2.05, 4.69) is 10.1 Å². The lowest BCUT2D eigenvalue weighted by Crippen LogP contribution is -2.46. The van der Waals surface area contributed by atoms with Crippen LogP contribution in [-0.2, 0) is 4.74 Å². The van der Waals surface area contributed by atoms with E-state index in [1.165, 1.54) is 0 Å². The number of anilines is 1. The number of hydrogen-bond acceptors (Lipinski definition) is 7. The van der Waals surface area contributed by atoms with Crippen molar-refractivity contribution in [2.45, 2.75) is 45.1 Å². The Morgan fingerprint density at radius 2 is 2.00 bits per heavy atom. The molecule has 0 bridgehead atoms. The van der Waals surface area contributed by atoms with Gasteiger partial charge in [0.1, 0.15) is 6.04 Å². The van der Waals surface area contributed by atoms with E-state index in [1.807, 2.05) is 18.7 Å². The van der Waals surface area contributed by atoms with E-state index in [-0.39, 0.29) is 18.1 Å². The van der Waals surface area contributed by atoms with Gasteiger partial charge in [-0.2, -0.15) is 4.98 Å². The average Bonchev–Trinajstić information content (AvgIpc) is 2.75. The van der Waals surface area contributed by atoms with Gasteiger partial charge >= 0.3 is 0 Å². The summed E-state index contributed by atoms with van der Waals surface area (Å²) in [5.74, 6) is 0.759. The quantitative estimate of drug-likeness (QED) is 0.789. The number of rotatable bonds is 3. The zero-order valence-corrected chi connectivity index (χ0v) is 10.9. The van der Waals surface area contributed by atoms with Crippen LogP contribution in [0.1, 0.15) is 32.7 Å². The summed E-state index contributed by atoms with van der Waals surface area (Å²) in [6, 6.07) is -0.651.